The first-order valence-electron chi connectivity index (χ1n) is 5.92. The molecule has 1 aliphatic heterocycles. The SMILES string of the molecule is O=C1CCC(c2ccc(-n3cccc3)cc2)=NN1. The van der Waals surface area contributed by atoms with Crippen LogP contribution in [0, 0.1) is 0 Å². The number of nitrogens with zero attached hydrogens (tertiary/aromatic N) is 2. The summed E-state index contributed by atoms with van der Waals surface area (Å²) in [6, 6.07) is 12.2. The summed E-state index contributed by atoms with van der Waals surface area (Å²) in [4.78, 5) is 11.0. The standard InChI is InChI=1S/C14H13N3O/c18-14-8-7-13(15-16-14)11-3-5-12(6-4-11)17-9-1-2-10-17/h1-6,9-10H,7-8H2,(H,16,18). The summed E-state index contributed by atoms with van der Waals surface area (Å²) in [7, 11) is 0. The molecule has 1 aromatic carbocycles. The molecule has 0 unspecified atom stereocenters. The van der Waals surface area contributed by atoms with Gasteiger partial charge in [-0.2, -0.15) is 5.10 Å². The maximum Gasteiger partial charge on any atom is 0.240 e. The lowest BCUT2D eigenvalue weighted by Gasteiger charge is -2.12. The van der Waals surface area contributed by atoms with Crippen molar-refractivity contribution in [2.45, 2.75) is 12.8 Å². The predicted octanol–water partition coefficient (Wildman–Crippen LogP) is 2.09. The van der Waals surface area contributed by atoms with Crippen molar-refractivity contribution in [2.24, 2.45) is 5.10 Å². The minimum absolute atomic E-state index is 0.0114. The van der Waals surface area contributed by atoms with E-state index in [1.165, 1.54) is 0 Å². The molecule has 4 nitrogen and oxygen atoms in total. The third-order valence-corrected chi connectivity index (χ3v) is 3.01. The molecule has 1 aliphatic rings. The van der Waals surface area contributed by atoms with Gasteiger partial charge in [0.2, 0.25) is 5.91 Å². The second-order valence-electron chi connectivity index (χ2n) is 4.23. The molecule has 1 amide bonds. The van der Waals surface area contributed by atoms with Gasteiger partial charge in [0.25, 0.3) is 0 Å². The van der Waals surface area contributed by atoms with Gasteiger partial charge in [-0.1, -0.05) is 12.1 Å². The molecule has 2 heterocycles. The molecule has 18 heavy (non-hydrogen) atoms. The van der Waals surface area contributed by atoms with Crippen molar-refractivity contribution in [3.05, 3.63) is 54.4 Å². The highest BCUT2D eigenvalue weighted by Crippen LogP contribution is 2.14. The second kappa shape index (κ2) is 4.49. The fourth-order valence-electron chi connectivity index (χ4n) is 2.02. The normalized spacial score (nSPS) is 15.1. The first-order valence-corrected chi connectivity index (χ1v) is 5.92. The van der Waals surface area contributed by atoms with Crippen LogP contribution in [0.2, 0.25) is 0 Å². The number of nitrogens with one attached hydrogen (secondary N) is 1. The van der Waals surface area contributed by atoms with E-state index >= 15 is 0 Å². The summed E-state index contributed by atoms with van der Waals surface area (Å²) >= 11 is 0. The average molecular weight is 239 g/mol. The Morgan fingerprint density at radius 2 is 1.78 bits per heavy atom. The Kier molecular flexibility index (Phi) is 2.68. The van der Waals surface area contributed by atoms with Gasteiger partial charge in [-0.15, -0.1) is 0 Å². The number of hydrazone groups is 1. The lowest BCUT2D eigenvalue weighted by atomic mass is 10.0. The van der Waals surface area contributed by atoms with Crippen LogP contribution in [0.5, 0.6) is 0 Å². The van der Waals surface area contributed by atoms with E-state index < -0.39 is 0 Å². The van der Waals surface area contributed by atoms with E-state index in [2.05, 4.69) is 10.5 Å². The van der Waals surface area contributed by atoms with Crippen LogP contribution >= 0.6 is 0 Å². The van der Waals surface area contributed by atoms with E-state index in [0.717, 1.165) is 17.0 Å². The molecule has 0 spiro atoms. The van der Waals surface area contributed by atoms with E-state index in [-0.39, 0.29) is 5.91 Å². The Hall–Kier alpha value is -2.36. The van der Waals surface area contributed by atoms with Crippen molar-refractivity contribution < 1.29 is 4.79 Å². The molecule has 2 aromatic rings. The first kappa shape index (κ1) is 10.8. The number of carbonyl (C=O) groups excluding carboxylic acids is 1. The topological polar surface area (TPSA) is 46.4 Å². The average Bonchev–Trinajstić information content (AvgIpc) is 2.94. The molecule has 90 valence electrons. The molecule has 0 atom stereocenters. The van der Waals surface area contributed by atoms with Crippen LogP contribution in [0.15, 0.2) is 53.9 Å². The quantitative estimate of drug-likeness (QED) is 0.857. The second-order valence-corrected chi connectivity index (χ2v) is 4.23. The van der Waals surface area contributed by atoms with Crippen molar-refractivity contribution in [1.29, 1.82) is 0 Å². The molecule has 1 N–H and O–H groups in total. The summed E-state index contributed by atoms with van der Waals surface area (Å²) in [6.07, 6.45) is 5.23. The first-order chi connectivity index (χ1) is 8.83. The van der Waals surface area contributed by atoms with Gasteiger partial charge in [-0.25, -0.2) is 5.43 Å². The number of aromatic nitrogens is 1. The number of benzene rings is 1. The number of rotatable bonds is 2. The van der Waals surface area contributed by atoms with Crippen molar-refractivity contribution in [1.82, 2.24) is 9.99 Å². The molecule has 0 fully saturated rings. The lowest BCUT2D eigenvalue weighted by molar-refractivity contribution is -0.121. The van der Waals surface area contributed by atoms with Crippen molar-refractivity contribution in [3.8, 4) is 5.69 Å². The Morgan fingerprint density at radius 3 is 2.39 bits per heavy atom. The lowest BCUT2D eigenvalue weighted by Crippen LogP contribution is -2.25. The van der Waals surface area contributed by atoms with E-state index in [0.29, 0.717) is 12.8 Å². The van der Waals surface area contributed by atoms with Crippen molar-refractivity contribution >= 4 is 11.6 Å². The summed E-state index contributed by atoms with van der Waals surface area (Å²) in [5, 5.41) is 4.08. The fraction of sp³-hybridized carbons (Fsp3) is 0.143. The zero-order valence-corrected chi connectivity index (χ0v) is 9.84. The number of hydrogen-bond donors (Lipinski definition) is 1. The van der Waals surface area contributed by atoms with Crippen molar-refractivity contribution in [3.63, 3.8) is 0 Å². The maximum atomic E-state index is 11.0. The largest absolute Gasteiger partial charge is 0.324 e. The third-order valence-electron chi connectivity index (χ3n) is 3.01. The van der Waals surface area contributed by atoms with Gasteiger partial charge in [-0.3, -0.25) is 4.79 Å². The van der Waals surface area contributed by atoms with Crippen LogP contribution in [0.3, 0.4) is 0 Å². The molecule has 0 saturated carbocycles. The predicted molar refractivity (Wildman–Crippen MR) is 69.7 cm³/mol. The van der Waals surface area contributed by atoms with Gasteiger partial charge in [0.15, 0.2) is 0 Å². The number of amides is 1. The highest BCUT2D eigenvalue weighted by molar-refractivity contribution is 6.04. The minimum atomic E-state index is -0.0114. The van der Waals surface area contributed by atoms with E-state index in [1.54, 1.807) is 0 Å². The fourth-order valence-corrected chi connectivity index (χ4v) is 2.02. The highest BCUT2D eigenvalue weighted by Gasteiger charge is 2.12. The molecule has 0 bridgehead atoms. The molecule has 0 saturated heterocycles. The molecule has 3 rings (SSSR count). The van der Waals surface area contributed by atoms with Crippen molar-refractivity contribution in [2.75, 3.05) is 0 Å². The Balaban J connectivity index is 1.85. The van der Waals surface area contributed by atoms with Crippen LogP contribution in [0.4, 0.5) is 0 Å². The molecule has 0 radical (unpaired) electrons. The van der Waals surface area contributed by atoms with Crippen LogP contribution in [0.25, 0.3) is 5.69 Å². The van der Waals surface area contributed by atoms with Gasteiger partial charge < -0.3 is 4.57 Å². The van der Waals surface area contributed by atoms with Crippen LogP contribution < -0.4 is 5.43 Å². The van der Waals surface area contributed by atoms with Gasteiger partial charge in [0.1, 0.15) is 0 Å². The zero-order chi connectivity index (χ0) is 12.4. The molecular formula is C14H13N3O. The minimum Gasteiger partial charge on any atom is -0.324 e. The van der Waals surface area contributed by atoms with Gasteiger partial charge in [0.05, 0.1) is 5.71 Å². The Labute approximate surface area is 105 Å². The summed E-state index contributed by atoms with van der Waals surface area (Å²) < 4.78 is 2.05. The summed E-state index contributed by atoms with van der Waals surface area (Å²) in [5.74, 6) is -0.0114. The summed E-state index contributed by atoms with van der Waals surface area (Å²) in [5.41, 5.74) is 5.63. The smallest absolute Gasteiger partial charge is 0.240 e. The molecular weight excluding hydrogens is 226 g/mol. The Bertz CT molecular complexity index is 582. The molecule has 4 heteroatoms. The van der Waals surface area contributed by atoms with Crippen LogP contribution in [0.1, 0.15) is 18.4 Å². The van der Waals surface area contributed by atoms with Crippen LogP contribution in [-0.2, 0) is 4.79 Å². The van der Waals surface area contributed by atoms with Gasteiger partial charge >= 0.3 is 0 Å². The molecule has 1 aromatic heterocycles. The number of hydrogen-bond acceptors (Lipinski definition) is 2. The van der Waals surface area contributed by atoms with E-state index in [4.69, 9.17) is 0 Å². The van der Waals surface area contributed by atoms with E-state index in [1.807, 2.05) is 53.4 Å². The monoisotopic (exact) mass is 239 g/mol. The number of carbonyl (C=O) groups is 1. The highest BCUT2D eigenvalue weighted by atomic mass is 16.2. The zero-order valence-electron chi connectivity index (χ0n) is 9.84. The third kappa shape index (κ3) is 2.05. The van der Waals surface area contributed by atoms with Crippen LogP contribution in [-0.4, -0.2) is 16.2 Å². The maximum absolute atomic E-state index is 11.0. The van der Waals surface area contributed by atoms with E-state index in [9.17, 15) is 4.79 Å². The summed E-state index contributed by atoms with van der Waals surface area (Å²) in [6.45, 7) is 0. The Morgan fingerprint density at radius 1 is 1.06 bits per heavy atom. The van der Waals surface area contributed by atoms with Gasteiger partial charge in [0, 0.05) is 30.9 Å². The molecule has 0 aliphatic carbocycles. The van der Waals surface area contributed by atoms with Gasteiger partial charge in [-0.05, 0) is 29.8 Å².